The summed E-state index contributed by atoms with van der Waals surface area (Å²) in [5.41, 5.74) is 14.4. The van der Waals surface area contributed by atoms with Gasteiger partial charge in [0.1, 0.15) is 17.6 Å². The van der Waals surface area contributed by atoms with E-state index in [0.717, 1.165) is 30.6 Å². The van der Waals surface area contributed by atoms with Crippen LogP contribution >= 0.6 is 23.2 Å². The van der Waals surface area contributed by atoms with Crippen molar-refractivity contribution in [2.24, 2.45) is 11.6 Å². The zero-order valence-electron chi connectivity index (χ0n) is 31.7. The molecule has 57 heavy (non-hydrogen) atoms. The normalized spacial score (nSPS) is 17.2. The number of anilines is 3. The van der Waals surface area contributed by atoms with Crippen LogP contribution in [0.4, 0.5) is 17.3 Å². The van der Waals surface area contributed by atoms with Crippen molar-refractivity contribution in [3.8, 4) is 11.3 Å². The molecule has 2 aliphatic heterocycles. The average molecular weight is 824 g/mol. The van der Waals surface area contributed by atoms with Crippen molar-refractivity contribution in [3.05, 3.63) is 81.1 Å². The van der Waals surface area contributed by atoms with Crippen molar-refractivity contribution < 1.29 is 19.1 Å². The van der Waals surface area contributed by atoms with E-state index in [1.807, 2.05) is 12.1 Å². The molecule has 2 amide bonds. The fourth-order valence-electron chi connectivity index (χ4n) is 6.73. The molecule has 4 heterocycles. The molecule has 2 fully saturated rings. The second-order valence-electron chi connectivity index (χ2n) is 14.2. The number of benzene rings is 2. The number of halogens is 2. The Balaban J connectivity index is 0.855. The Morgan fingerprint density at radius 2 is 1.82 bits per heavy atom. The third-order valence-corrected chi connectivity index (χ3v) is 10.8. The standard InChI is InChI=1S/C38H48Cl2N12O5/c1-38(10-13-50(14-11-38)30-22-45-34(35(42)48-30)26-5-3-6-27(39)33(26)40)46-21-25(41)23-51(43)15-17-57-19-18-56-16-12-44-28-7-2-4-24-20-47-52(37(55)32(24)28)29-8-9-31(53)49-36(29)54/h2-7,20,22-23,29,44,46H,8-19,21,41,43H2,1H3,(H2,42,48)(H,49,53,54)/b25-23-. The lowest BCUT2D eigenvalue weighted by Gasteiger charge is -2.40. The molecule has 0 bridgehead atoms. The summed E-state index contributed by atoms with van der Waals surface area (Å²) in [5, 5.41) is 16.7. The van der Waals surface area contributed by atoms with Crippen LogP contribution in [0.25, 0.3) is 22.0 Å². The molecule has 1 atom stereocenters. The van der Waals surface area contributed by atoms with Crippen LogP contribution in [0.1, 0.15) is 38.6 Å². The molecule has 304 valence electrons. The number of amides is 2. The van der Waals surface area contributed by atoms with Gasteiger partial charge in [-0.1, -0.05) is 47.5 Å². The maximum absolute atomic E-state index is 13.3. The number of nitrogens with one attached hydrogen (secondary N) is 3. The Kier molecular flexibility index (Phi) is 13.8. The number of carbonyl (C=O) groups is 2. The molecule has 19 heteroatoms. The third-order valence-electron chi connectivity index (χ3n) is 10.0. The Morgan fingerprint density at radius 1 is 1.07 bits per heavy atom. The van der Waals surface area contributed by atoms with Crippen LogP contribution in [-0.2, 0) is 19.1 Å². The number of ether oxygens (including phenoxy) is 2. The third kappa shape index (κ3) is 10.5. The molecule has 2 aromatic heterocycles. The van der Waals surface area contributed by atoms with E-state index in [1.54, 1.807) is 42.9 Å². The van der Waals surface area contributed by atoms with Gasteiger partial charge in [0.05, 0.1) is 60.8 Å². The largest absolute Gasteiger partial charge is 0.400 e. The van der Waals surface area contributed by atoms with Gasteiger partial charge in [-0.05, 0) is 38.3 Å². The van der Waals surface area contributed by atoms with Gasteiger partial charge in [-0.3, -0.25) is 19.7 Å². The van der Waals surface area contributed by atoms with Crippen LogP contribution in [0.2, 0.25) is 10.0 Å². The number of rotatable bonds is 17. The zero-order valence-corrected chi connectivity index (χ0v) is 33.2. The average Bonchev–Trinajstić information content (AvgIpc) is 3.18. The number of carbonyl (C=O) groups excluding carboxylic acids is 2. The van der Waals surface area contributed by atoms with E-state index >= 15 is 0 Å². The number of nitrogen functional groups attached to an aromatic ring is 1. The Morgan fingerprint density at radius 3 is 2.58 bits per heavy atom. The molecule has 9 N–H and O–H groups in total. The first kappa shape index (κ1) is 41.6. The maximum atomic E-state index is 13.3. The van der Waals surface area contributed by atoms with Crippen LogP contribution in [-0.4, -0.2) is 101 Å². The van der Waals surface area contributed by atoms with Gasteiger partial charge in [-0.2, -0.15) is 5.10 Å². The highest BCUT2D eigenvalue weighted by Gasteiger charge is 2.31. The predicted molar refractivity (Wildman–Crippen MR) is 220 cm³/mol. The summed E-state index contributed by atoms with van der Waals surface area (Å²) in [7, 11) is 0. The van der Waals surface area contributed by atoms with Crippen LogP contribution < -0.4 is 43.7 Å². The number of nitrogens with two attached hydrogens (primary N) is 3. The molecule has 0 radical (unpaired) electrons. The number of piperidine rings is 2. The number of hydrazine groups is 1. The minimum atomic E-state index is -0.839. The van der Waals surface area contributed by atoms with Gasteiger partial charge < -0.3 is 41.5 Å². The molecule has 17 nitrogen and oxygen atoms in total. The summed E-state index contributed by atoms with van der Waals surface area (Å²) in [6.07, 6.45) is 7.04. The van der Waals surface area contributed by atoms with E-state index < -0.39 is 17.5 Å². The first-order valence-corrected chi connectivity index (χ1v) is 19.5. The molecule has 0 aliphatic carbocycles. The van der Waals surface area contributed by atoms with Crippen LogP contribution in [0, 0.1) is 0 Å². The first-order valence-electron chi connectivity index (χ1n) is 18.7. The second-order valence-corrected chi connectivity index (χ2v) is 15.0. The minimum Gasteiger partial charge on any atom is -0.400 e. The van der Waals surface area contributed by atoms with E-state index in [1.165, 1.54) is 5.01 Å². The van der Waals surface area contributed by atoms with Gasteiger partial charge in [0.2, 0.25) is 5.91 Å². The lowest BCUT2D eigenvalue weighted by Crippen LogP contribution is -2.52. The first-order chi connectivity index (χ1) is 27.4. The molecule has 0 saturated carbocycles. The smallest absolute Gasteiger partial charge is 0.277 e. The molecule has 2 aromatic carbocycles. The van der Waals surface area contributed by atoms with E-state index in [0.29, 0.717) is 95.3 Å². The zero-order chi connectivity index (χ0) is 40.5. The van der Waals surface area contributed by atoms with Gasteiger partial charge in [0, 0.05) is 66.7 Å². The topological polar surface area (TPSA) is 234 Å². The quantitative estimate of drug-likeness (QED) is 0.0389. The van der Waals surface area contributed by atoms with E-state index in [4.69, 9.17) is 50.0 Å². The van der Waals surface area contributed by atoms with Crippen LogP contribution in [0.3, 0.4) is 0 Å². The van der Waals surface area contributed by atoms with Gasteiger partial charge in [0.15, 0.2) is 5.82 Å². The number of aromatic nitrogens is 4. The van der Waals surface area contributed by atoms with Gasteiger partial charge >= 0.3 is 0 Å². The second kappa shape index (κ2) is 18.9. The van der Waals surface area contributed by atoms with Crippen molar-refractivity contribution in [2.75, 3.05) is 75.1 Å². The van der Waals surface area contributed by atoms with Gasteiger partial charge in [-0.25, -0.2) is 20.5 Å². The number of imide groups is 1. The van der Waals surface area contributed by atoms with Crippen LogP contribution in [0.15, 0.2) is 65.5 Å². The molecule has 6 rings (SSSR count). The maximum Gasteiger partial charge on any atom is 0.277 e. The molecule has 4 aromatic rings. The number of hydrogen-bond acceptors (Lipinski definition) is 15. The Hall–Kier alpha value is -5.04. The van der Waals surface area contributed by atoms with Crippen molar-refractivity contribution in [2.45, 2.75) is 44.2 Å². The number of hydrogen-bond donors (Lipinski definition) is 6. The molecular weight excluding hydrogens is 775 g/mol. The number of fused-ring (bicyclic) bond motifs is 1. The lowest BCUT2D eigenvalue weighted by atomic mass is 9.89. The molecule has 0 spiro atoms. The Bertz CT molecular complexity index is 2160. The summed E-state index contributed by atoms with van der Waals surface area (Å²) in [6, 6.07) is 9.87. The van der Waals surface area contributed by atoms with E-state index in [-0.39, 0.29) is 30.1 Å². The molecule has 2 aliphatic rings. The fourth-order valence-corrected chi connectivity index (χ4v) is 7.12. The highest BCUT2D eigenvalue weighted by Crippen LogP contribution is 2.35. The van der Waals surface area contributed by atoms with E-state index in [2.05, 4.69) is 42.8 Å². The van der Waals surface area contributed by atoms with Crippen molar-refractivity contribution >= 4 is 63.1 Å². The summed E-state index contributed by atoms with van der Waals surface area (Å²) in [5.74, 6) is 6.26. The molecule has 2 saturated heterocycles. The Labute approximate surface area is 339 Å². The predicted octanol–water partition coefficient (Wildman–Crippen LogP) is 2.79. The highest BCUT2D eigenvalue weighted by atomic mass is 35.5. The number of nitrogens with zero attached hydrogens (tertiary/aromatic N) is 6. The van der Waals surface area contributed by atoms with Gasteiger partial charge in [0.25, 0.3) is 11.5 Å². The molecule has 1 unspecified atom stereocenters. The fraction of sp³-hybridized carbons (Fsp3) is 0.421. The van der Waals surface area contributed by atoms with Crippen molar-refractivity contribution in [1.29, 1.82) is 0 Å². The monoisotopic (exact) mass is 822 g/mol. The van der Waals surface area contributed by atoms with Gasteiger partial charge in [-0.15, -0.1) is 0 Å². The summed E-state index contributed by atoms with van der Waals surface area (Å²) in [4.78, 5) is 48.6. The SMILES string of the molecule is CC1(NC/C(N)=C/N(N)CCOCCOCCNc2cccc3cnn(C4CCC(=O)NC4=O)c(=O)c23)CCN(c2cnc(-c3cccc(Cl)c3Cl)c(N)n2)CC1. The molecular formula is C38H48Cl2N12O5. The van der Waals surface area contributed by atoms with E-state index in [9.17, 15) is 14.4 Å². The van der Waals surface area contributed by atoms with Crippen molar-refractivity contribution in [3.63, 3.8) is 0 Å². The summed E-state index contributed by atoms with van der Waals surface area (Å²) < 4.78 is 12.5. The summed E-state index contributed by atoms with van der Waals surface area (Å²) in [6.45, 7) is 6.54. The van der Waals surface area contributed by atoms with Crippen LogP contribution in [0.5, 0.6) is 0 Å². The van der Waals surface area contributed by atoms with Crippen molar-refractivity contribution in [1.82, 2.24) is 35.4 Å². The lowest BCUT2D eigenvalue weighted by molar-refractivity contribution is -0.136. The minimum absolute atomic E-state index is 0.133. The highest BCUT2D eigenvalue weighted by molar-refractivity contribution is 6.43. The summed E-state index contributed by atoms with van der Waals surface area (Å²) >= 11 is 12.6.